The molecule has 0 bridgehead atoms. The van der Waals surface area contributed by atoms with Crippen LogP contribution in [0, 0.1) is 0 Å². The second kappa shape index (κ2) is 7.58. The predicted molar refractivity (Wildman–Crippen MR) is 85.8 cm³/mol. The van der Waals surface area contributed by atoms with Crippen LogP contribution in [0.15, 0.2) is 36.7 Å². The Labute approximate surface area is 129 Å². The van der Waals surface area contributed by atoms with Crippen LogP contribution in [0.25, 0.3) is 0 Å². The topological polar surface area (TPSA) is 94.2 Å². The maximum atomic E-state index is 11.9. The summed E-state index contributed by atoms with van der Waals surface area (Å²) in [6, 6.07) is 7.08. The van der Waals surface area contributed by atoms with Gasteiger partial charge in [0.1, 0.15) is 0 Å². The van der Waals surface area contributed by atoms with Crippen LogP contribution >= 0.6 is 0 Å². The van der Waals surface area contributed by atoms with Crippen molar-refractivity contribution in [1.29, 1.82) is 0 Å². The number of carbonyl (C=O) groups excluding carboxylic acids is 1. The SMILES string of the molecule is COCCn1cc(NC(=O)Nc2ccc(C(C)N)cc2)cn1. The van der Waals surface area contributed by atoms with E-state index in [1.807, 2.05) is 31.2 Å². The monoisotopic (exact) mass is 303 g/mol. The Balaban J connectivity index is 1.88. The number of anilines is 2. The third-order valence-electron chi connectivity index (χ3n) is 3.11. The summed E-state index contributed by atoms with van der Waals surface area (Å²) in [5.41, 5.74) is 8.13. The quantitative estimate of drug-likeness (QED) is 0.762. The zero-order valence-corrected chi connectivity index (χ0v) is 12.7. The highest BCUT2D eigenvalue weighted by Gasteiger charge is 2.05. The Morgan fingerprint density at radius 2 is 2.00 bits per heavy atom. The molecule has 2 aromatic rings. The summed E-state index contributed by atoms with van der Waals surface area (Å²) in [5.74, 6) is 0. The Kier molecular flexibility index (Phi) is 5.51. The van der Waals surface area contributed by atoms with E-state index in [0.29, 0.717) is 24.5 Å². The van der Waals surface area contributed by atoms with Gasteiger partial charge in [-0.3, -0.25) is 4.68 Å². The van der Waals surface area contributed by atoms with E-state index in [1.54, 1.807) is 24.2 Å². The highest BCUT2D eigenvalue weighted by atomic mass is 16.5. The zero-order valence-electron chi connectivity index (χ0n) is 12.7. The minimum absolute atomic E-state index is 0.0270. The summed E-state index contributed by atoms with van der Waals surface area (Å²) in [7, 11) is 1.63. The van der Waals surface area contributed by atoms with Gasteiger partial charge in [-0.05, 0) is 24.6 Å². The van der Waals surface area contributed by atoms with Crippen LogP contribution in [0.5, 0.6) is 0 Å². The summed E-state index contributed by atoms with van der Waals surface area (Å²) < 4.78 is 6.68. The van der Waals surface area contributed by atoms with Gasteiger partial charge in [-0.15, -0.1) is 0 Å². The molecule has 4 N–H and O–H groups in total. The average molecular weight is 303 g/mol. The summed E-state index contributed by atoms with van der Waals surface area (Å²) >= 11 is 0. The minimum Gasteiger partial charge on any atom is -0.383 e. The molecule has 2 amide bonds. The van der Waals surface area contributed by atoms with Crippen LogP contribution < -0.4 is 16.4 Å². The van der Waals surface area contributed by atoms with Gasteiger partial charge in [0.2, 0.25) is 0 Å². The van der Waals surface area contributed by atoms with Crippen LogP contribution in [0.1, 0.15) is 18.5 Å². The van der Waals surface area contributed by atoms with Crippen molar-refractivity contribution < 1.29 is 9.53 Å². The maximum Gasteiger partial charge on any atom is 0.323 e. The van der Waals surface area contributed by atoms with E-state index in [2.05, 4.69) is 15.7 Å². The third kappa shape index (κ3) is 4.57. The van der Waals surface area contributed by atoms with Crippen LogP contribution in [0.2, 0.25) is 0 Å². The van der Waals surface area contributed by atoms with E-state index < -0.39 is 0 Å². The molecule has 1 aromatic heterocycles. The van der Waals surface area contributed by atoms with Gasteiger partial charge in [-0.2, -0.15) is 5.10 Å². The van der Waals surface area contributed by atoms with Gasteiger partial charge in [-0.25, -0.2) is 4.79 Å². The van der Waals surface area contributed by atoms with E-state index >= 15 is 0 Å². The number of hydrogen-bond donors (Lipinski definition) is 3. The molecule has 7 nitrogen and oxygen atoms in total. The van der Waals surface area contributed by atoms with Crippen molar-refractivity contribution in [3.05, 3.63) is 42.2 Å². The van der Waals surface area contributed by atoms with Gasteiger partial charge in [0.25, 0.3) is 0 Å². The van der Waals surface area contributed by atoms with Crippen LogP contribution in [0.4, 0.5) is 16.2 Å². The molecule has 1 aromatic carbocycles. The first-order valence-corrected chi connectivity index (χ1v) is 7.03. The standard InChI is InChI=1S/C15H21N5O2/c1-11(16)12-3-5-13(6-4-12)18-15(21)19-14-9-17-20(10-14)7-8-22-2/h3-6,9-11H,7-8,16H2,1-2H3,(H2,18,19,21). The minimum atomic E-state index is -0.320. The van der Waals surface area contributed by atoms with Crippen molar-refractivity contribution in [2.75, 3.05) is 24.4 Å². The number of ether oxygens (including phenoxy) is 1. The van der Waals surface area contributed by atoms with Crippen molar-refractivity contribution in [2.45, 2.75) is 19.5 Å². The molecule has 118 valence electrons. The lowest BCUT2D eigenvalue weighted by atomic mass is 10.1. The maximum absolute atomic E-state index is 11.9. The predicted octanol–water partition coefficient (Wildman–Crippen LogP) is 2.19. The van der Waals surface area contributed by atoms with Crippen molar-refractivity contribution in [3.63, 3.8) is 0 Å². The molecule has 7 heteroatoms. The molecule has 0 aliphatic rings. The molecular weight excluding hydrogens is 282 g/mol. The molecule has 0 fully saturated rings. The molecule has 1 atom stereocenters. The van der Waals surface area contributed by atoms with Gasteiger partial charge < -0.3 is 21.1 Å². The fourth-order valence-corrected chi connectivity index (χ4v) is 1.90. The average Bonchev–Trinajstić information content (AvgIpc) is 2.93. The molecule has 1 heterocycles. The Morgan fingerprint density at radius 3 is 2.64 bits per heavy atom. The molecule has 0 aliphatic heterocycles. The van der Waals surface area contributed by atoms with E-state index in [1.165, 1.54) is 0 Å². The number of amides is 2. The lowest BCUT2D eigenvalue weighted by molar-refractivity contribution is 0.183. The Hall–Kier alpha value is -2.38. The normalized spacial score (nSPS) is 12.0. The molecule has 0 aliphatic carbocycles. The molecule has 0 saturated carbocycles. The molecule has 22 heavy (non-hydrogen) atoms. The largest absolute Gasteiger partial charge is 0.383 e. The van der Waals surface area contributed by atoms with Crippen LogP contribution in [-0.2, 0) is 11.3 Å². The number of nitrogens with zero attached hydrogens (tertiary/aromatic N) is 2. The number of carbonyl (C=O) groups is 1. The second-order valence-electron chi connectivity index (χ2n) is 4.97. The summed E-state index contributed by atoms with van der Waals surface area (Å²) in [5, 5.41) is 9.61. The fraction of sp³-hybridized carbons (Fsp3) is 0.333. The lowest BCUT2D eigenvalue weighted by Gasteiger charge is -2.08. The van der Waals surface area contributed by atoms with Crippen molar-refractivity contribution in [2.24, 2.45) is 5.73 Å². The molecule has 2 rings (SSSR count). The number of urea groups is 1. The molecule has 0 saturated heterocycles. The van der Waals surface area contributed by atoms with Gasteiger partial charge in [0, 0.05) is 25.0 Å². The first-order valence-electron chi connectivity index (χ1n) is 7.03. The summed E-state index contributed by atoms with van der Waals surface area (Å²) in [6.45, 7) is 3.12. The zero-order chi connectivity index (χ0) is 15.9. The van der Waals surface area contributed by atoms with Crippen molar-refractivity contribution in [3.8, 4) is 0 Å². The highest BCUT2D eigenvalue weighted by molar-refractivity contribution is 5.99. The number of aromatic nitrogens is 2. The lowest BCUT2D eigenvalue weighted by Crippen LogP contribution is -2.19. The van der Waals surface area contributed by atoms with Crippen LogP contribution in [0.3, 0.4) is 0 Å². The van der Waals surface area contributed by atoms with Crippen molar-refractivity contribution >= 4 is 17.4 Å². The van der Waals surface area contributed by atoms with E-state index in [9.17, 15) is 4.79 Å². The third-order valence-corrected chi connectivity index (χ3v) is 3.11. The highest BCUT2D eigenvalue weighted by Crippen LogP contribution is 2.14. The Bertz CT molecular complexity index is 607. The van der Waals surface area contributed by atoms with Gasteiger partial charge in [-0.1, -0.05) is 12.1 Å². The first-order chi connectivity index (χ1) is 10.6. The fourth-order valence-electron chi connectivity index (χ4n) is 1.90. The van der Waals surface area contributed by atoms with Gasteiger partial charge in [0.15, 0.2) is 0 Å². The molecular formula is C15H21N5O2. The number of hydrogen-bond acceptors (Lipinski definition) is 4. The Morgan fingerprint density at radius 1 is 1.32 bits per heavy atom. The molecule has 0 radical (unpaired) electrons. The molecule has 0 spiro atoms. The molecule has 1 unspecified atom stereocenters. The number of nitrogens with two attached hydrogens (primary N) is 1. The van der Waals surface area contributed by atoms with E-state index in [-0.39, 0.29) is 12.1 Å². The summed E-state index contributed by atoms with van der Waals surface area (Å²) in [6.07, 6.45) is 3.34. The number of benzene rings is 1. The van der Waals surface area contributed by atoms with E-state index in [4.69, 9.17) is 10.5 Å². The van der Waals surface area contributed by atoms with Crippen LogP contribution in [-0.4, -0.2) is 29.5 Å². The summed E-state index contributed by atoms with van der Waals surface area (Å²) in [4.78, 5) is 11.9. The van der Waals surface area contributed by atoms with Gasteiger partial charge in [0.05, 0.1) is 25.0 Å². The van der Waals surface area contributed by atoms with E-state index in [0.717, 1.165) is 5.56 Å². The number of nitrogens with one attached hydrogen (secondary N) is 2. The number of methoxy groups -OCH3 is 1. The smallest absolute Gasteiger partial charge is 0.323 e. The second-order valence-corrected chi connectivity index (χ2v) is 4.97. The number of rotatable bonds is 6. The van der Waals surface area contributed by atoms with Crippen molar-refractivity contribution in [1.82, 2.24) is 9.78 Å². The first kappa shape index (κ1) is 16.0. The van der Waals surface area contributed by atoms with Gasteiger partial charge >= 0.3 is 6.03 Å².